The highest BCUT2D eigenvalue weighted by molar-refractivity contribution is 8.00. The molecule has 178 valence electrons. The summed E-state index contributed by atoms with van der Waals surface area (Å²) in [5.74, 6) is -0.746. The second-order valence-electron chi connectivity index (χ2n) is 10.2. The number of halogens is 2. The fourth-order valence-corrected chi connectivity index (χ4v) is 6.48. The van der Waals surface area contributed by atoms with Crippen molar-refractivity contribution in [3.05, 3.63) is 64.4 Å². The molecule has 0 aliphatic carbocycles. The predicted octanol–water partition coefficient (Wildman–Crippen LogP) is 7.03. The molecule has 2 aromatic carbocycles. The first-order valence-electron chi connectivity index (χ1n) is 11.8. The van der Waals surface area contributed by atoms with Gasteiger partial charge in [-0.3, -0.25) is 4.79 Å². The molecular formula is C27H33ClFNO2S. The zero-order valence-electron chi connectivity index (χ0n) is 19.7. The maximum absolute atomic E-state index is 15.8. The third kappa shape index (κ3) is 5.41. The molecule has 0 spiro atoms. The van der Waals surface area contributed by atoms with Crippen LogP contribution in [0.5, 0.6) is 0 Å². The Labute approximate surface area is 206 Å². The van der Waals surface area contributed by atoms with Gasteiger partial charge in [0.1, 0.15) is 5.82 Å². The zero-order valence-corrected chi connectivity index (χ0v) is 21.3. The van der Waals surface area contributed by atoms with Crippen molar-refractivity contribution in [2.75, 3.05) is 26.3 Å². The molecule has 0 N–H and O–H groups in total. The Morgan fingerprint density at radius 1 is 1.09 bits per heavy atom. The van der Waals surface area contributed by atoms with Crippen LogP contribution in [0.15, 0.2) is 47.4 Å². The van der Waals surface area contributed by atoms with Gasteiger partial charge in [-0.15, -0.1) is 11.8 Å². The van der Waals surface area contributed by atoms with Gasteiger partial charge in [-0.2, -0.15) is 0 Å². The molecule has 6 heteroatoms. The predicted molar refractivity (Wildman–Crippen MR) is 133 cm³/mol. The van der Waals surface area contributed by atoms with E-state index in [0.717, 1.165) is 49.2 Å². The molecule has 3 nitrogen and oxygen atoms in total. The second kappa shape index (κ2) is 9.97. The summed E-state index contributed by atoms with van der Waals surface area (Å²) in [6.07, 6.45) is 3.65. The minimum atomic E-state index is -0.501. The van der Waals surface area contributed by atoms with E-state index in [1.807, 2.05) is 62.1 Å². The molecule has 4 rings (SSSR count). The van der Waals surface area contributed by atoms with Gasteiger partial charge < -0.3 is 9.64 Å². The summed E-state index contributed by atoms with van der Waals surface area (Å²) >= 11 is 7.82. The first-order chi connectivity index (χ1) is 15.7. The Kier molecular flexibility index (Phi) is 7.42. The number of hydrogen-bond donors (Lipinski definition) is 0. The fourth-order valence-electron chi connectivity index (χ4n) is 5.01. The van der Waals surface area contributed by atoms with Crippen LogP contribution in [0.25, 0.3) is 0 Å². The van der Waals surface area contributed by atoms with E-state index >= 15 is 4.39 Å². The standard InChI is InChI=1S/C27H33ClFNO2S/c1-26(2,3)24(25(31)30-14-4-5-15-30)22-11-6-19(18-23(22)29)27(12-16-32-17-13-27)33-21-9-7-20(28)8-10-21/h6-11,18,24H,4-5,12-17H2,1-3H3. The lowest BCUT2D eigenvalue weighted by Crippen LogP contribution is -2.39. The second-order valence-corrected chi connectivity index (χ2v) is 12.1. The molecule has 1 amide bonds. The minimum absolute atomic E-state index is 0.0444. The summed E-state index contributed by atoms with van der Waals surface area (Å²) in [4.78, 5) is 16.4. The van der Waals surface area contributed by atoms with Gasteiger partial charge >= 0.3 is 0 Å². The SMILES string of the molecule is CC(C)(C)C(C(=O)N1CCCC1)c1ccc(C2(Sc3ccc(Cl)cc3)CCOCC2)cc1F. The Balaban J connectivity index is 1.68. The van der Waals surface area contributed by atoms with Crippen molar-refractivity contribution in [3.8, 4) is 0 Å². The number of likely N-dealkylation sites (tertiary alicyclic amines) is 1. The number of thioether (sulfide) groups is 1. The number of ether oxygens (including phenoxy) is 1. The van der Waals surface area contributed by atoms with Gasteiger partial charge in [0.2, 0.25) is 5.91 Å². The summed E-state index contributed by atoms with van der Waals surface area (Å²) in [6, 6.07) is 13.4. The van der Waals surface area contributed by atoms with Crippen LogP contribution in [0.2, 0.25) is 5.02 Å². The van der Waals surface area contributed by atoms with E-state index in [-0.39, 0.29) is 21.9 Å². The largest absolute Gasteiger partial charge is 0.381 e. The Hall–Kier alpha value is -1.56. The average molecular weight is 490 g/mol. The van der Waals surface area contributed by atoms with Crippen LogP contribution in [-0.2, 0) is 14.3 Å². The smallest absolute Gasteiger partial charge is 0.230 e. The number of hydrogen-bond acceptors (Lipinski definition) is 3. The number of amides is 1. The molecule has 2 saturated heterocycles. The van der Waals surface area contributed by atoms with Crippen LogP contribution in [0.3, 0.4) is 0 Å². The lowest BCUT2D eigenvalue weighted by molar-refractivity contribution is -0.134. The summed E-state index contributed by atoms with van der Waals surface area (Å²) in [6.45, 7) is 8.89. The highest BCUT2D eigenvalue weighted by Gasteiger charge is 2.40. The molecule has 0 aromatic heterocycles. The highest BCUT2D eigenvalue weighted by Crippen LogP contribution is 2.49. The van der Waals surface area contributed by atoms with Gasteiger partial charge in [-0.1, -0.05) is 44.5 Å². The van der Waals surface area contributed by atoms with E-state index in [2.05, 4.69) is 0 Å². The number of nitrogens with zero attached hydrogens (tertiary/aromatic N) is 1. The topological polar surface area (TPSA) is 29.5 Å². The Morgan fingerprint density at radius 2 is 1.73 bits per heavy atom. The van der Waals surface area contributed by atoms with E-state index in [0.29, 0.717) is 23.8 Å². The number of rotatable bonds is 5. The van der Waals surface area contributed by atoms with Gasteiger partial charge in [0.25, 0.3) is 0 Å². The van der Waals surface area contributed by atoms with Crippen molar-refractivity contribution in [1.29, 1.82) is 0 Å². The molecular weight excluding hydrogens is 457 g/mol. The maximum Gasteiger partial charge on any atom is 0.230 e. The normalized spacial score (nSPS) is 19.5. The minimum Gasteiger partial charge on any atom is -0.381 e. The number of benzene rings is 2. The van der Waals surface area contributed by atoms with E-state index in [1.54, 1.807) is 17.8 Å². The van der Waals surface area contributed by atoms with E-state index in [9.17, 15) is 4.79 Å². The quantitative estimate of drug-likeness (QED) is 0.451. The molecule has 1 atom stereocenters. The van der Waals surface area contributed by atoms with Crippen molar-refractivity contribution >= 4 is 29.3 Å². The number of carbonyl (C=O) groups excluding carboxylic acids is 1. The summed E-state index contributed by atoms with van der Waals surface area (Å²) in [7, 11) is 0. The Bertz CT molecular complexity index is 977. The molecule has 1 unspecified atom stereocenters. The van der Waals surface area contributed by atoms with Gasteiger partial charge in [0.05, 0.1) is 5.92 Å². The van der Waals surface area contributed by atoms with E-state index in [1.165, 1.54) is 0 Å². The van der Waals surface area contributed by atoms with Crippen LogP contribution < -0.4 is 0 Å². The molecule has 2 aromatic rings. The third-order valence-electron chi connectivity index (χ3n) is 6.80. The number of carbonyl (C=O) groups is 1. The highest BCUT2D eigenvalue weighted by atomic mass is 35.5. The monoisotopic (exact) mass is 489 g/mol. The molecule has 2 fully saturated rings. The summed E-state index contributed by atoms with van der Waals surface area (Å²) in [5.41, 5.74) is 1.08. The van der Waals surface area contributed by atoms with Crippen LogP contribution in [-0.4, -0.2) is 37.1 Å². The van der Waals surface area contributed by atoms with Gasteiger partial charge in [0.15, 0.2) is 0 Å². The van der Waals surface area contributed by atoms with Crippen LogP contribution in [0.1, 0.15) is 63.5 Å². The van der Waals surface area contributed by atoms with Crippen LogP contribution in [0, 0.1) is 11.2 Å². The fraction of sp³-hybridized carbons (Fsp3) is 0.519. The molecule has 0 radical (unpaired) electrons. The molecule has 33 heavy (non-hydrogen) atoms. The van der Waals surface area contributed by atoms with Crippen molar-refractivity contribution in [3.63, 3.8) is 0 Å². The van der Waals surface area contributed by atoms with Crippen molar-refractivity contribution in [2.45, 2.75) is 62.0 Å². The maximum atomic E-state index is 15.8. The van der Waals surface area contributed by atoms with E-state index < -0.39 is 5.92 Å². The van der Waals surface area contributed by atoms with Crippen molar-refractivity contribution in [1.82, 2.24) is 4.90 Å². The van der Waals surface area contributed by atoms with Gasteiger partial charge in [0, 0.05) is 46.5 Å². The lowest BCUT2D eigenvalue weighted by atomic mass is 9.74. The van der Waals surface area contributed by atoms with Crippen LogP contribution >= 0.6 is 23.4 Å². The van der Waals surface area contributed by atoms with Crippen molar-refractivity contribution < 1.29 is 13.9 Å². The first-order valence-corrected chi connectivity index (χ1v) is 13.0. The van der Waals surface area contributed by atoms with Gasteiger partial charge in [-0.05, 0) is 67.0 Å². The first kappa shape index (κ1) is 24.6. The van der Waals surface area contributed by atoms with Crippen molar-refractivity contribution in [2.24, 2.45) is 5.41 Å². The summed E-state index contributed by atoms with van der Waals surface area (Å²) in [5, 5.41) is 0.701. The van der Waals surface area contributed by atoms with Gasteiger partial charge in [-0.25, -0.2) is 4.39 Å². The third-order valence-corrected chi connectivity index (χ3v) is 8.59. The van der Waals surface area contributed by atoms with E-state index in [4.69, 9.17) is 16.3 Å². The summed E-state index contributed by atoms with van der Waals surface area (Å²) < 4.78 is 21.1. The zero-order chi connectivity index (χ0) is 23.6. The molecule has 2 aliphatic heterocycles. The van der Waals surface area contributed by atoms with Crippen LogP contribution in [0.4, 0.5) is 4.39 Å². The molecule has 0 saturated carbocycles. The average Bonchev–Trinajstić information content (AvgIpc) is 3.31. The molecule has 2 heterocycles. The Morgan fingerprint density at radius 3 is 2.30 bits per heavy atom. The molecule has 0 bridgehead atoms. The molecule has 2 aliphatic rings. The lowest BCUT2D eigenvalue weighted by Gasteiger charge is -2.38.